The molecule has 4 rings (SSSR count). The number of likely N-dealkylation sites (tertiary alicyclic amines) is 1. The van der Waals surface area contributed by atoms with E-state index in [-0.39, 0.29) is 11.9 Å². The van der Waals surface area contributed by atoms with Crippen LogP contribution in [-0.2, 0) is 11.3 Å². The zero-order valence-corrected chi connectivity index (χ0v) is 15.5. The van der Waals surface area contributed by atoms with Gasteiger partial charge in [0, 0.05) is 6.54 Å². The molecule has 1 N–H and O–H groups in total. The first-order valence-electron chi connectivity index (χ1n) is 9.20. The number of piperidine rings is 1. The maximum Gasteiger partial charge on any atom is 0.234 e. The number of hydrogen-bond acceptors (Lipinski definition) is 4. The Morgan fingerprint density at radius 3 is 2.77 bits per heavy atom. The molecular weight excluding hydrogens is 342 g/mol. The van der Waals surface area contributed by atoms with E-state index in [9.17, 15) is 4.79 Å². The molecule has 0 unspecified atom stereocenters. The first-order valence-corrected chi connectivity index (χ1v) is 10.0. The van der Waals surface area contributed by atoms with Crippen LogP contribution in [0.25, 0.3) is 10.2 Å². The van der Waals surface area contributed by atoms with Gasteiger partial charge in [-0.3, -0.25) is 9.69 Å². The lowest BCUT2D eigenvalue weighted by Crippen LogP contribution is -2.41. The van der Waals surface area contributed by atoms with E-state index in [4.69, 9.17) is 4.98 Å². The Morgan fingerprint density at radius 1 is 1.12 bits per heavy atom. The average Bonchev–Trinajstić information content (AvgIpc) is 3.12. The second-order valence-corrected chi connectivity index (χ2v) is 7.83. The molecule has 0 radical (unpaired) electrons. The zero-order valence-electron chi connectivity index (χ0n) is 14.7. The van der Waals surface area contributed by atoms with E-state index in [1.54, 1.807) is 11.3 Å². The number of benzene rings is 2. The van der Waals surface area contributed by atoms with Crippen LogP contribution < -0.4 is 5.32 Å². The Kier molecular flexibility index (Phi) is 5.27. The summed E-state index contributed by atoms with van der Waals surface area (Å²) < 4.78 is 1.22. The third kappa shape index (κ3) is 3.94. The fourth-order valence-corrected chi connectivity index (χ4v) is 4.67. The highest BCUT2D eigenvalue weighted by molar-refractivity contribution is 7.18. The van der Waals surface area contributed by atoms with Gasteiger partial charge in [0.25, 0.3) is 0 Å². The molecule has 3 aromatic rings. The fourth-order valence-electron chi connectivity index (χ4n) is 3.53. The third-order valence-electron chi connectivity index (χ3n) is 4.89. The molecule has 1 aromatic heterocycles. The van der Waals surface area contributed by atoms with Crippen LogP contribution in [0.15, 0.2) is 54.6 Å². The lowest BCUT2D eigenvalue weighted by atomic mass is 10.0. The van der Waals surface area contributed by atoms with E-state index < -0.39 is 0 Å². The molecule has 1 fully saturated rings. The van der Waals surface area contributed by atoms with Gasteiger partial charge in [-0.2, -0.15) is 0 Å². The first-order chi connectivity index (χ1) is 12.8. The van der Waals surface area contributed by atoms with Gasteiger partial charge in [0.05, 0.1) is 22.8 Å². The Hall–Kier alpha value is -2.24. The molecule has 0 aliphatic carbocycles. The van der Waals surface area contributed by atoms with Crippen LogP contribution in [0, 0.1) is 0 Å². The minimum Gasteiger partial charge on any atom is -0.351 e. The molecule has 1 aliphatic heterocycles. The molecule has 1 saturated heterocycles. The van der Waals surface area contributed by atoms with Gasteiger partial charge in [-0.25, -0.2) is 4.98 Å². The van der Waals surface area contributed by atoms with Crippen molar-refractivity contribution in [1.82, 2.24) is 15.2 Å². The van der Waals surface area contributed by atoms with Gasteiger partial charge in [0.2, 0.25) is 5.91 Å². The zero-order chi connectivity index (χ0) is 17.8. The molecule has 5 heteroatoms. The van der Waals surface area contributed by atoms with Crippen molar-refractivity contribution >= 4 is 27.5 Å². The average molecular weight is 366 g/mol. The number of carbonyl (C=O) groups excluding carboxylic acids is 1. The molecule has 0 saturated carbocycles. The number of aromatic nitrogens is 1. The summed E-state index contributed by atoms with van der Waals surface area (Å²) in [5.41, 5.74) is 2.19. The molecule has 2 heterocycles. The van der Waals surface area contributed by atoms with Crippen molar-refractivity contribution < 1.29 is 4.79 Å². The van der Waals surface area contributed by atoms with Gasteiger partial charge in [0.15, 0.2) is 0 Å². The molecule has 2 aromatic carbocycles. The standard InChI is InChI=1S/C21H23N3OS/c25-20(22-14-16-8-2-1-3-9-16)15-24-13-7-6-11-18(24)21-23-17-10-4-5-12-19(17)26-21/h1-5,8-10,12,18H,6-7,11,13-15H2,(H,22,25)/t18-/m0/s1. The summed E-state index contributed by atoms with van der Waals surface area (Å²) in [6, 6.07) is 18.6. The van der Waals surface area contributed by atoms with Crippen LogP contribution in [0.2, 0.25) is 0 Å². The van der Waals surface area contributed by atoms with Crippen molar-refractivity contribution in [3.05, 3.63) is 65.2 Å². The van der Waals surface area contributed by atoms with Crippen LogP contribution in [0.1, 0.15) is 35.9 Å². The summed E-state index contributed by atoms with van der Waals surface area (Å²) in [7, 11) is 0. The summed E-state index contributed by atoms with van der Waals surface area (Å²) >= 11 is 1.76. The monoisotopic (exact) mass is 365 g/mol. The van der Waals surface area contributed by atoms with Gasteiger partial charge in [-0.05, 0) is 37.1 Å². The molecule has 26 heavy (non-hydrogen) atoms. The van der Waals surface area contributed by atoms with E-state index in [2.05, 4.69) is 28.4 Å². The first kappa shape index (κ1) is 17.2. The van der Waals surface area contributed by atoms with Crippen molar-refractivity contribution in [2.45, 2.75) is 31.8 Å². The molecule has 4 nitrogen and oxygen atoms in total. The number of para-hydroxylation sites is 1. The molecule has 1 atom stereocenters. The Labute approximate surface area is 157 Å². The summed E-state index contributed by atoms with van der Waals surface area (Å²) in [5, 5.41) is 4.19. The van der Waals surface area contributed by atoms with Crippen LogP contribution >= 0.6 is 11.3 Å². The van der Waals surface area contributed by atoms with Gasteiger partial charge in [-0.1, -0.05) is 48.9 Å². The highest BCUT2D eigenvalue weighted by atomic mass is 32.1. The Balaban J connectivity index is 1.42. The Bertz CT molecular complexity index is 844. The minimum atomic E-state index is 0.0851. The molecule has 1 amide bonds. The topological polar surface area (TPSA) is 45.2 Å². The van der Waals surface area contributed by atoms with Crippen molar-refractivity contribution in [3.63, 3.8) is 0 Å². The maximum atomic E-state index is 12.5. The van der Waals surface area contributed by atoms with E-state index >= 15 is 0 Å². The van der Waals surface area contributed by atoms with Crippen LogP contribution in [0.5, 0.6) is 0 Å². The normalized spacial score (nSPS) is 18.1. The quantitative estimate of drug-likeness (QED) is 0.739. The number of rotatable bonds is 5. The van der Waals surface area contributed by atoms with Crippen LogP contribution in [0.4, 0.5) is 0 Å². The number of fused-ring (bicyclic) bond motifs is 1. The SMILES string of the molecule is O=C(CN1CCCC[C@H]1c1nc2ccccc2s1)NCc1ccccc1. The lowest BCUT2D eigenvalue weighted by molar-refractivity contribution is -0.123. The van der Waals surface area contributed by atoms with E-state index in [0.29, 0.717) is 13.1 Å². The lowest BCUT2D eigenvalue weighted by Gasteiger charge is -2.33. The number of amides is 1. The van der Waals surface area contributed by atoms with Crippen molar-refractivity contribution in [2.24, 2.45) is 0 Å². The van der Waals surface area contributed by atoms with Gasteiger partial charge < -0.3 is 5.32 Å². The molecule has 0 bridgehead atoms. The van der Waals surface area contributed by atoms with Gasteiger partial charge in [-0.15, -0.1) is 11.3 Å². The van der Waals surface area contributed by atoms with Crippen molar-refractivity contribution in [1.29, 1.82) is 0 Å². The third-order valence-corrected chi connectivity index (χ3v) is 6.03. The number of hydrogen-bond donors (Lipinski definition) is 1. The molecule has 1 aliphatic rings. The van der Waals surface area contributed by atoms with Crippen LogP contribution in [0.3, 0.4) is 0 Å². The largest absolute Gasteiger partial charge is 0.351 e. The summed E-state index contributed by atoms with van der Waals surface area (Å²) in [4.78, 5) is 19.6. The second-order valence-electron chi connectivity index (χ2n) is 6.76. The Morgan fingerprint density at radius 2 is 1.92 bits per heavy atom. The number of thiazole rings is 1. The van der Waals surface area contributed by atoms with E-state index in [1.165, 1.54) is 11.1 Å². The van der Waals surface area contributed by atoms with Gasteiger partial charge >= 0.3 is 0 Å². The predicted molar refractivity (Wildman–Crippen MR) is 106 cm³/mol. The number of nitrogens with zero attached hydrogens (tertiary/aromatic N) is 2. The highest BCUT2D eigenvalue weighted by Gasteiger charge is 2.28. The minimum absolute atomic E-state index is 0.0851. The summed E-state index contributed by atoms with van der Waals surface area (Å²) in [6.07, 6.45) is 3.42. The van der Waals surface area contributed by atoms with Gasteiger partial charge in [0.1, 0.15) is 5.01 Å². The van der Waals surface area contributed by atoms with Crippen LogP contribution in [-0.4, -0.2) is 28.9 Å². The van der Waals surface area contributed by atoms with E-state index in [0.717, 1.165) is 35.5 Å². The van der Waals surface area contributed by atoms with Crippen molar-refractivity contribution in [2.75, 3.05) is 13.1 Å². The maximum absolute atomic E-state index is 12.5. The number of nitrogens with one attached hydrogen (secondary N) is 1. The van der Waals surface area contributed by atoms with Crippen molar-refractivity contribution in [3.8, 4) is 0 Å². The summed E-state index contributed by atoms with van der Waals surface area (Å²) in [6.45, 7) is 1.98. The van der Waals surface area contributed by atoms with E-state index in [1.807, 2.05) is 36.4 Å². The molecule has 134 valence electrons. The predicted octanol–water partition coefficient (Wildman–Crippen LogP) is 4.14. The fraction of sp³-hybridized carbons (Fsp3) is 0.333. The summed E-state index contributed by atoms with van der Waals surface area (Å²) in [5.74, 6) is 0.0851. The smallest absolute Gasteiger partial charge is 0.234 e. The second kappa shape index (κ2) is 7.98. The number of carbonyl (C=O) groups is 1. The highest BCUT2D eigenvalue weighted by Crippen LogP contribution is 2.35. The molecule has 0 spiro atoms. The molecular formula is C21H23N3OS.